The highest BCUT2D eigenvalue weighted by Gasteiger charge is 2.19. The van der Waals surface area contributed by atoms with Crippen molar-refractivity contribution in [2.45, 2.75) is 52.5 Å². The largest absolute Gasteiger partial charge is 0.320 e. The summed E-state index contributed by atoms with van der Waals surface area (Å²) in [6.07, 6.45) is 3.91. The number of nitrogens with zero attached hydrogens (tertiary/aromatic N) is 1. The highest BCUT2D eigenvalue weighted by Crippen LogP contribution is 2.09. The highest BCUT2D eigenvalue weighted by atomic mass is 32.2. The summed E-state index contributed by atoms with van der Waals surface area (Å²) in [6, 6.07) is -0.00417. The van der Waals surface area contributed by atoms with Crippen molar-refractivity contribution in [2.24, 2.45) is 5.92 Å². The Bertz CT molecular complexity index is 318. The summed E-state index contributed by atoms with van der Waals surface area (Å²) in [5, 5.41) is 3.01. The van der Waals surface area contributed by atoms with Gasteiger partial charge < -0.3 is 5.32 Å². The molecule has 116 valence electrons. The molecular weight excluding hydrogens is 262 g/mol. The fraction of sp³-hybridized carbons (Fsp3) is 1.00. The van der Waals surface area contributed by atoms with Crippen molar-refractivity contribution in [3.05, 3.63) is 0 Å². The Morgan fingerprint density at radius 1 is 1.11 bits per heavy atom. The van der Waals surface area contributed by atoms with Crippen molar-refractivity contribution >= 4 is 10.2 Å². The quantitative estimate of drug-likeness (QED) is 0.569. The van der Waals surface area contributed by atoms with E-state index in [4.69, 9.17) is 0 Å². The van der Waals surface area contributed by atoms with Crippen LogP contribution in [0.3, 0.4) is 0 Å². The first-order valence-electron chi connectivity index (χ1n) is 7.17. The minimum Gasteiger partial charge on any atom is -0.320 e. The Hall–Kier alpha value is -0.170. The molecule has 0 saturated carbocycles. The molecule has 0 aromatic carbocycles. The van der Waals surface area contributed by atoms with E-state index in [1.165, 1.54) is 4.31 Å². The molecule has 0 saturated heterocycles. The molecule has 1 unspecified atom stereocenters. The van der Waals surface area contributed by atoms with Gasteiger partial charge in [0.1, 0.15) is 0 Å². The van der Waals surface area contributed by atoms with E-state index in [2.05, 4.69) is 23.9 Å². The fourth-order valence-corrected chi connectivity index (χ4v) is 3.01. The molecule has 6 heteroatoms. The lowest BCUT2D eigenvalue weighted by atomic mass is 10.0. The maximum atomic E-state index is 12.0. The number of hydrogen-bond acceptors (Lipinski definition) is 3. The topological polar surface area (TPSA) is 61.4 Å². The molecule has 0 amide bonds. The molecule has 0 aliphatic heterocycles. The van der Waals surface area contributed by atoms with E-state index in [0.29, 0.717) is 12.5 Å². The summed E-state index contributed by atoms with van der Waals surface area (Å²) >= 11 is 0. The third-order valence-corrected chi connectivity index (χ3v) is 4.78. The Labute approximate surface area is 119 Å². The molecule has 5 nitrogen and oxygen atoms in total. The monoisotopic (exact) mass is 293 g/mol. The van der Waals surface area contributed by atoms with Crippen molar-refractivity contribution < 1.29 is 8.42 Å². The van der Waals surface area contributed by atoms with Crippen molar-refractivity contribution in [3.63, 3.8) is 0 Å². The third-order valence-electron chi connectivity index (χ3n) is 3.08. The predicted octanol–water partition coefficient (Wildman–Crippen LogP) is 1.58. The zero-order chi connectivity index (χ0) is 14.9. The SMILES string of the molecule is CNCCCN(C)S(=O)(=O)NC(C)CCCC(C)C. The van der Waals surface area contributed by atoms with Crippen LogP contribution in [0.4, 0.5) is 0 Å². The Morgan fingerprint density at radius 3 is 2.26 bits per heavy atom. The molecule has 19 heavy (non-hydrogen) atoms. The minimum absolute atomic E-state index is 0.00417. The van der Waals surface area contributed by atoms with Gasteiger partial charge in [0.25, 0.3) is 10.2 Å². The van der Waals surface area contributed by atoms with Gasteiger partial charge in [-0.15, -0.1) is 0 Å². The van der Waals surface area contributed by atoms with Gasteiger partial charge in [-0.1, -0.05) is 26.7 Å². The first-order chi connectivity index (χ1) is 8.79. The van der Waals surface area contributed by atoms with Crippen LogP contribution in [-0.4, -0.2) is 45.9 Å². The molecule has 0 fully saturated rings. The van der Waals surface area contributed by atoms with E-state index in [0.717, 1.165) is 32.2 Å². The maximum absolute atomic E-state index is 12.0. The van der Waals surface area contributed by atoms with E-state index in [1.807, 2.05) is 14.0 Å². The van der Waals surface area contributed by atoms with Gasteiger partial charge in [-0.2, -0.15) is 17.4 Å². The van der Waals surface area contributed by atoms with Gasteiger partial charge in [-0.25, -0.2) is 0 Å². The number of hydrogen-bond donors (Lipinski definition) is 2. The van der Waals surface area contributed by atoms with Crippen molar-refractivity contribution in [1.82, 2.24) is 14.3 Å². The summed E-state index contributed by atoms with van der Waals surface area (Å²) < 4.78 is 28.2. The Morgan fingerprint density at radius 2 is 1.74 bits per heavy atom. The van der Waals surface area contributed by atoms with Crippen LogP contribution in [0.2, 0.25) is 0 Å². The maximum Gasteiger partial charge on any atom is 0.279 e. The molecule has 0 radical (unpaired) electrons. The summed E-state index contributed by atoms with van der Waals surface area (Å²) in [7, 11) is 0.153. The summed E-state index contributed by atoms with van der Waals surface area (Å²) in [6.45, 7) is 7.66. The van der Waals surface area contributed by atoms with Gasteiger partial charge >= 0.3 is 0 Å². The molecule has 0 heterocycles. The fourth-order valence-electron chi connectivity index (χ4n) is 1.83. The van der Waals surface area contributed by atoms with Crippen LogP contribution >= 0.6 is 0 Å². The summed E-state index contributed by atoms with van der Waals surface area (Å²) in [5.74, 6) is 0.674. The average Bonchev–Trinajstić information content (AvgIpc) is 2.27. The van der Waals surface area contributed by atoms with Gasteiger partial charge in [-0.05, 0) is 39.3 Å². The molecule has 0 rings (SSSR count). The third kappa shape index (κ3) is 9.38. The molecule has 2 N–H and O–H groups in total. The van der Waals surface area contributed by atoms with Gasteiger partial charge in [0.2, 0.25) is 0 Å². The number of nitrogens with one attached hydrogen (secondary N) is 2. The second-order valence-electron chi connectivity index (χ2n) is 5.63. The Kier molecular flexibility index (Phi) is 9.60. The van der Waals surface area contributed by atoms with Crippen LogP contribution in [-0.2, 0) is 10.2 Å². The molecule has 0 spiro atoms. The van der Waals surface area contributed by atoms with Gasteiger partial charge in [0, 0.05) is 19.6 Å². The summed E-state index contributed by atoms with van der Waals surface area (Å²) in [5.41, 5.74) is 0. The Balaban J connectivity index is 4.05. The summed E-state index contributed by atoms with van der Waals surface area (Å²) in [4.78, 5) is 0. The van der Waals surface area contributed by atoms with Gasteiger partial charge in [-0.3, -0.25) is 0 Å². The molecule has 0 aromatic heterocycles. The second-order valence-corrected chi connectivity index (χ2v) is 7.44. The normalized spacial score (nSPS) is 14.3. The smallest absolute Gasteiger partial charge is 0.279 e. The molecular formula is C13H31N3O2S. The highest BCUT2D eigenvalue weighted by molar-refractivity contribution is 7.87. The van der Waals surface area contributed by atoms with E-state index >= 15 is 0 Å². The molecule has 0 aliphatic carbocycles. The lowest BCUT2D eigenvalue weighted by Crippen LogP contribution is -2.43. The average molecular weight is 293 g/mol. The first-order valence-corrected chi connectivity index (χ1v) is 8.61. The molecule has 1 atom stereocenters. The van der Waals surface area contributed by atoms with E-state index in [9.17, 15) is 8.42 Å². The zero-order valence-electron chi connectivity index (χ0n) is 13.1. The van der Waals surface area contributed by atoms with Crippen LogP contribution in [0.15, 0.2) is 0 Å². The predicted molar refractivity (Wildman–Crippen MR) is 81.4 cm³/mol. The van der Waals surface area contributed by atoms with E-state index < -0.39 is 10.2 Å². The first kappa shape index (κ1) is 18.8. The van der Waals surface area contributed by atoms with Gasteiger partial charge in [0.15, 0.2) is 0 Å². The van der Waals surface area contributed by atoms with E-state index in [1.54, 1.807) is 7.05 Å². The molecule has 0 bridgehead atoms. The van der Waals surface area contributed by atoms with Crippen LogP contribution in [0, 0.1) is 5.92 Å². The lowest BCUT2D eigenvalue weighted by Gasteiger charge is -2.21. The van der Waals surface area contributed by atoms with Crippen LogP contribution < -0.4 is 10.0 Å². The standard InChI is InChI=1S/C13H31N3O2S/c1-12(2)8-6-9-13(3)15-19(17,18)16(5)11-7-10-14-4/h12-15H,6-11H2,1-5H3. The minimum atomic E-state index is -3.34. The van der Waals surface area contributed by atoms with Crippen molar-refractivity contribution in [1.29, 1.82) is 0 Å². The second kappa shape index (κ2) is 9.69. The lowest BCUT2D eigenvalue weighted by molar-refractivity contribution is 0.430. The molecule has 0 aromatic rings. The molecule has 0 aliphatic rings. The van der Waals surface area contributed by atoms with Crippen LogP contribution in [0.25, 0.3) is 0 Å². The number of rotatable bonds is 11. The van der Waals surface area contributed by atoms with Crippen molar-refractivity contribution in [3.8, 4) is 0 Å². The zero-order valence-corrected chi connectivity index (χ0v) is 13.9. The van der Waals surface area contributed by atoms with Crippen LogP contribution in [0.5, 0.6) is 0 Å². The van der Waals surface area contributed by atoms with Crippen molar-refractivity contribution in [2.75, 3.05) is 27.2 Å². The van der Waals surface area contributed by atoms with E-state index in [-0.39, 0.29) is 6.04 Å². The van der Waals surface area contributed by atoms with Crippen LogP contribution in [0.1, 0.15) is 46.5 Å². The van der Waals surface area contributed by atoms with Gasteiger partial charge in [0.05, 0.1) is 0 Å².